The number of nitrogens with one attached hydrogen (secondary N) is 1. The summed E-state index contributed by atoms with van der Waals surface area (Å²) in [7, 11) is 1.67. The molecule has 0 bridgehead atoms. The third kappa shape index (κ3) is 8.85. The van der Waals surface area contributed by atoms with Gasteiger partial charge < -0.3 is 14.8 Å². The lowest BCUT2D eigenvalue weighted by Gasteiger charge is -2.13. The first-order valence-electron chi connectivity index (χ1n) is 10.9. The quantitative estimate of drug-likeness (QED) is 0.309. The Kier molecular flexibility index (Phi) is 9.51. The number of methoxy groups -OCH3 is 1. The average molecular weight is 486 g/mol. The van der Waals surface area contributed by atoms with Crippen LogP contribution in [0.3, 0.4) is 0 Å². The number of rotatable bonds is 8. The van der Waals surface area contributed by atoms with Crippen LogP contribution >= 0.6 is 0 Å². The standard InChI is InChI=1S/C28H30F3NO3/c1-18(13-14-25-20(3)16-26(34-6)22(5)21(25)4)9-7-10-19(2)15-27(33)32-23-11-8-12-24(17-23)35-28(29,30)31/h7-17H,1-6H3,(H,32,33)/b10-7+,14-13+,18-9+,19-15+. The van der Waals surface area contributed by atoms with Gasteiger partial charge in [0, 0.05) is 17.8 Å². The van der Waals surface area contributed by atoms with Gasteiger partial charge in [0.2, 0.25) is 5.91 Å². The number of aryl methyl sites for hydroxylation is 1. The van der Waals surface area contributed by atoms with Crippen LogP contribution in [0, 0.1) is 20.8 Å². The first-order valence-corrected chi connectivity index (χ1v) is 10.9. The number of amides is 1. The third-order valence-electron chi connectivity index (χ3n) is 5.25. The Morgan fingerprint density at radius 2 is 1.71 bits per heavy atom. The number of hydrogen-bond acceptors (Lipinski definition) is 3. The molecule has 4 nitrogen and oxygen atoms in total. The van der Waals surface area contributed by atoms with E-state index in [1.165, 1.54) is 23.8 Å². The molecule has 1 N–H and O–H groups in total. The molecule has 0 saturated heterocycles. The van der Waals surface area contributed by atoms with Crippen molar-refractivity contribution in [3.8, 4) is 11.5 Å². The van der Waals surface area contributed by atoms with E-state index < -0.39 is 18.0 Å². The predicted octanol–water partition coefficient (Wildman–Crippen LogP) is 7.62. The molecule has 35 heavy (non-hydrogen) atoms. The molecule has 2 aromatic rings. The maximum absolute atomic E-state index is 12.4. The predicted molar refractivity (Wildman–Crippen MR) is 135 cm³/mol. The van der Waals surface area contributed by atoms with Crippen molar-refractivity contribution in [2.75, 3.05) is 12.4 Å². The summed E-state index contributed by atoms with van der Waals surface area (Å²) < 4.78 is 46.4. The summed E-state index contributed by atoms with van der Waals surface area (Å²) in [5.41, 5.74) is 6.45. The highest BCUT2D eigenvalue weighted by molar-refractivity contribution is 6.00. The Bertz CT molecular complexity index is 1190. The van der Waals surface area contributed by atoms with Crippen LogP contribution in [-0.2, 0) is 4.79 Å². The maximum Gasteiger partial charge on any atom is 0.573 e. The van der Waals surface area contributed by atoms with Crippen LogP contribution in [0.2, 0.25) is 0 Å². The monoisotopic (exact) mass is 485 g/mol. The van der Waals surface area contributed by atoms with Crippen LogP contribution in [0.1, 0.15) is 36.1 Å². The second-order valence-corrected chi connectivity index (χ2v) is 8.12. The summed E-state index contributed by atoms with van der Waals surface area (Å²) in [6.07, 6.45) is 6.18. The fourth-order valence-corrected chi connectivity index (χ4v) is 3.36. The Labute approximate surface area is 204 Å². The van der Waals surface area contributed by atoms with Gasteiger partial charge in [-0.15, -0.1) is 13.2 Å². The molecule has 0 heterocycles. The van der Waals surface area contributed by atoms with E-state index in [0.717, 1.165) is 40.1 Å². The number of benzene rings is 2. The van der Waals surface area contributed by atoms with Crippen molar-refractivity contribution in [3.63, 3.8) is 0 Å². The maximum atomic E-state index is 12.4. The molecule has 0 aliphatic carbocycles. The zero-order valence-corrected chi connectivity index (χ0v) is 20.7. The van der Waals surface area contributed by atoms with E-state index in [0.29, 0.717) is 5.57 Å². The number of halogens is 3. The fraction of sp³-hybridized carbons (Fsp3) is 0.250. The molecule has 7 heteroatoms. The minimum absolute atomic E-state index is 0.199. The van der Waals surface area contributed by atoms with Gasteiger partial charge in [-0.05, 0) is 80.6 Å². The van der Waals surface area contributed by atoms with Crippen LogP contribution in [-0.4, -0.2) is 19.4 Å². The molecule has 0 aliphatic heterocycles. The van der Waals surface area contributed by atoms with Crippen LogP contribution in [0.25, 0.3) is 6.08 Å². The molecule has 186 valence electrons. The number of anilines is 1. The van der Waals surface area contributed by atoms with Crippen molar-refractivity contribution >= 4 is 17.7 Å². The highest BCUT2D eigenvalue weighted by Crippen LogP contribution is 2.28. The van der Waals surface area contributed by atoms with E-state index in [-0.39, 0.29) is 5.69 Å². The lowest BCUT2D eigenvalue weighted by molar-refractivity contribution is -0.274. The van der Waals surface area contributed by atoms with Gasteiger partial charge in [-0.25, -0.2) is 0 Å². The number of allylic oxidation sites excluding steroid dienone is 6. The lowest BCUT2D eigenvalue weighted by Crippen LogP contribution is -2.17. The number of hydrogen-bond donors (Lipinski definition) is 1. The number of carbonyl (C=O) groups excluding carboxylic acids is 1. The normalized spacial score (nSPS) is 12.9. The number of ether oxygens (including phenoxy) is 2. The van der Waals surface area contributed by atoms with Gasteiger partial charge in [0.25, 0.3) is 0 Å². The van der Waals surface area contributed by atoms with Crippen molar-refractivity contribution in [2.24, 2.45) is 0 Å². The number of alkyl halides is 3. The first-order chi connectivity index (χ1) is 16.4. The second kappa shape index (κ2) is 12.1. The SMILES string of the molecule is COc1cc(C)c(/C=C/C(C)=C/C=C/C(C)=C/C(=O)Nc2cccc(OC(F)(F)F)c2)c(C)c1C. The Morgan fingerprint density at radius 1 is 1.00 bits per heavy atom. The highest BCUT2D eigenvalue weighted by Gasteiger charge is 2.31. The minimum Gasteiger partial charge on any atom is -0.496 e. The molecule has 0 unspecified atom stereocenters. The van der Waals surface area contributed by atoms with Gasteiger partial charge in [-0.3, -0.25) is 4.79 Å². The van der Waals surface area contributed by atoms with Gasteiger partial charge in [-0.1, -0.05) is 42.0 Å². The molecule has 0 radical (unpaired) electrons. The molecule has 2 aromatic carbocycles. The van der Waals surface area contributed by atoms with Crippen molar-refractivity contribution in [1.29, 1.82) is 0 Å². The molecule has 1 amide bonds. The summed E-state index contributed by atoms with van der Waals surface area (Å²) in [6.45, 7) is 9.89. The lowest BCUT2D eigenvalue weighted by atomic mass is 9.96. The largest absolute Gasteiger partial charge is 0.573 e. The summed E-state index contributed by atoms with van der Waals surface area (Å²) in [5, 5.41) is 2.53. The van der Waals surface area contributed by atoms with E-state index in [1.807, 2.05) is 45.1 Å². The second-order valence-electron chi connectivity index (χ2n) is 8.12. The minimum atomic E-state index is -4.80. The van der Waals surface area contributed by atoms with E-state index >= 15 is 0 Å². The Balaban J connectivity index is 2.02. The molecule has 2 rings (SSSR count). The topological polar surface area (TPSA) is 47.6 Å². The van der Waals surface area contributed by atoms with Crippen LogP contribution in [0.15, 0.2) is 71.9 Å². The highest BCUT2D eigenvalue weighted by atomic mass is 19.4. The average Bonchev–Trinajstić information content (AvgIpc) is 2.75. The Morgan fingerprint density at radius 3 is 2.37 bits per heavy atom. The van der Waals surface area contributed by atoms with Crippen molar-refractivity contribution < 1.29 is 27.4 Å². The summed E-state index contributed by atoms with van der Waals surface area (Å²) in [4.78, 5) is 12.2. The van der Waals surface area contributed by atoms with Crippen molar-refractivity contribution in [1.82, 2.24) is 0 Å². The van der Waals surface area contributed by atoms with E-state index in [1.54, 1.807) is 20.1 Å². The zero-order valence-electron chi connectivity index (χ0n) is 20.7. The molecular formula is C28H30F3NO3. The fourth-order valence-electron chi connectivity index (χ4n) is 3.36. The smallest absolute Gasteiger partial charge is 0.496 e. The van der Waals surface area contributed by atoms with E-state index in [4.69, 9.17) is 4.74 Å². The molecule has 0 aliphatic rings. The van der Waals surface area contributed by atoms with Gasteiger partial charge in [0.05, 0.1) is 7.11 Å². The third-order valence-corrected chi connectivity index (χ3v) is 5.25. The summed E-state index contributed by atoms with van der Waals surface area (Å²) in [5.74, 6) is 0.0125. The summed E-state index contributed by atoms with van der Waals surface area (Å²) >= 11 is 0. The van der Waals surface area contributed by atoms with Gasteiger partial charge in [0.15, 0.2) is 0 Å². The van der Waals surface area contributed by atoms with Gasteiger partial charge in [0.1, 0.15) is 11.5 Å². The van der Waals surface area contributed by atoms with Gasteiger partial charge >= 0.3 is 6.36 Å². The summed E-state index contributed by atoms with van der Waals surface area (Å²) in [6, 6.07) is 7.14. The molecule has 0 aromatic heterocycles. The van der Waals surface area contributed by atoms with E-state index in [2.05, 4.69) is 23.1 Å². The van der Waals surface area contributed by atoms with Crippen LogP contribution < -0.4 is 14.8 Å². The van der Waals surface area contributed by atoms with Gasteiger partial charge in [-0.2, -0.15) is 0 Å². The molecule has 0 saturated carbocycles. The molecule has 0 spiro atoms. The van der Waals surface area contributed by atoms with E-state index in [9.17, 15) is 18.0 Å². The molecular weight excluding hydrogens is 455 g/mol. The van der Waals surface area contributed by atoms with Crippen molar-refractivity contribution in [3.05, 3.63) is 94.1 Å². The number of carbonyl (C=O) groups is 1. The van der Waals surface area contributed by atoms with Crippen LogP contribution in [0.5, 0.6) is 11.5 Å². The Hall–Kier alpha value is -3.74. The zero-order chi connectivity index (χ0) is 26.2. The molecule has 0 fully saturated rings. The van der Waals surface area contributed by atoms with Crippen molar-refractivity contribution in [2.45, 2.75) is 41.0 Å². The molecule has 0 atom stereocenters. The first kappa shape index (κ1) is 27.5. The van der Waals surface area contributed by atoms with Crippen LogP contribution in [0.4, 0.5) is 18.9 Å².